The zero-order valence-corrected chi connectivity index (χ0v) is 6.65. The minimum absolute atomic E-state index is 0.0455. The van der Waals surface area contributed by atoms with Gasteiger partial charge in [-0.1, -0.05) is 11.6 Å². The van der Waals surface area contributed by atoms with Crippen molar-refractivity contribution in [1.29, 1.82) is 0 Å². The Morgan fingerprint density at radius 1 is 1.08 bits per heavy atom. The summed E-state index contributed by atoms with van der Waals surface area (Å²) in [5.41, 5.74) is -0.141. The highest BCUT2D eigenvalue weighted by Gasteiger charge is 2.12. The van der Waals surface area contributed by atoms with Gasteiger partial charge in [0.15, 0.2) is 6.29 Å². The third-order valence-corrected chi connectivity index (χ3v) is 1.68. The molecule has 0 spiro atoms. The first-order valence-electron chi connectivity index (χ1n) is 3.10. The fourth-order valence-electron chi connectivity index (χ4n) is 0.773. The van der Waals surface area contributed by atoms with Gasteiger partial charge in [0.1, 0.15) is 11.5 Å². The third-order valence-electron chi connectivity index (χ3n) is 1.37. The highest BCUT2D eigenvalue weighted by molar-refractivity contribution is 6.32. The van der Waals surface area contributed by atoms with E-state index in [0.717, 1.165) is 12.1 Å². The van der Waals surface area contributed by atoms with Crippen molar-refractivity contribution in [3.05, 3.63) is 22.7 Å². The van der Waals surface area contributed by atoms with Crippen LogP contribution in [0.5, 0.6) is 11.5 Å². The number of phenolic OH excluding ortho intramolecular Hbond substituents is 2. The maximum atomic E-state index is 9.05. The molecule has 0 amide bonds. The number of hydrogen-bond donors (Lipinski definition) is 4. The number of aliphatic hydroxyl groups is 2. The summed E-state index contributed by atoms with van der Waals surface area (Å²) in [5.74, 6) is -0.717. The number of rotatable bonds is 1. The van der Waals surface area contributed by atoms with Gasteiger partial charge in [-0.25, -0.2) is 0 Å². The molecule has 0 aliphatic carbocycles. The van der Waals surface area contributed by atoms with Gasteiger partial charge in [-0.15, -0.1) is 0 Å². The molecule has 5 heteroatoms. The Hall–Kier alpha value is -0.970. The molecule has 0 fully saturated rings. The van der Waals surface area contributed by atoms with E-state index in [9.17, 15) is 0 Å². The summed E-state index contributed by atoms with van der Waals surface area (Å²) in [6, 6.07) is 2.02. The van der Waals surface area contributed by atoms with E-state index >= 15 is 0 Å². The highest BCUT2D eigenvalue weighted by Crippen LogP contribution is 2.33. The quantitative estimate of drug-likeness (QED) is 0.493. The van der Waals surface area contributed by atoms with Crippen LogP contribution >= 0.6 is 11.6 Å². The van der Waals surface area contributed by atoms with Gasteiger partial charge in [-0.05, 0) is 6.07 Å². The van der Waals surface area contributed by atoms with Crippen LogP contribution in [0, 0.1) is 0 Å². The van der Waals surface area contributed by atoms with Crippen LogP contribution in [0.15, 0.2) is 12.1 Å². The molecular weight excluding hydrogens is 184 g/mol. The van der Waals surface area contributed by atoms with E-state index < -0.39 is 12.0 Å². The second-order valence-corrected chi connectivity index (χ2v) is 2.64. The maximum absolute atomic E-state index is 9.05. The maximum Gasteiger partial charge on any atom is 0.182 e. The lowest BCUT2D eigenvalue weighted by atomic mass is 10.2. The Labute approximate surface area is 73.3 Å². The molecule has 1 rings (SSSR count). The van der Waals surface area contributed by atoms with Crippen molar-refractivity contribution in [2.24, 2.45) is 0 Å². The van der Waals surface area contributed by atoms with Crippen molar-refractivity contribution >= 4 is 11.6 Å². The minimum atomic E-state index is -1.80. The zero-order chi connectivity index (χ0) is 9.30. The second-order valence-electron chi connectivity index (χ2n) is 2.24. The number of phenols is 2. The molecule has 0 aromatic heterocycles. The number of aromatic hydroxyl groups is 2. The fourth-order valence-corrected chi connectivity index (χ4v) is 0.945. The van der Waals surface area contributed by atoms with Gasteiger partial charge >= 0.3 is 0 Å². The molecule has 0 aliphatic rings. The van der Waals surface area contributed by atoms with Gasteiger partial charge in [0, 0.05) is 6.07 Å². The van der Waals surface area contributed by atoms with Crippen LogP contribution in [0.3, 0.4) is 0 Å². The minimum Gasteiger partial charge on any atom is -0.507 e. The Morgan fingerprint density at radius 3 is 2.17 bits per heavy atom. The summed E-state index contributed by atoms with van der Waals surface area (Å²) < 4.78 is 0. The molecule has 0 heterocycles. The van der Waals surface area contributed by atoms with Crippen LogP contribution in [0.25, 0.3) is 0 Å². The summed E-state index contributed by atoms with van der Waals surface area (Å²) in [6.45, 7) is 0. The predicted octanol–water partition coefficient (Wildman–Crippen LogP) is 0.734. The van der Waals surface area contributed by atoms with E-state index in [-0.39, 0.29) is 16.3 Å². The van der Waals surface area contributed by atoms with Crippen LogP contribution in [-0.4, -0.2) is 20.4 Å². The molecule has 4 N–H and O–H groups in total. The molecule has 4 nitrogen and oxygen atoms in total. The van der Waals surface area contributed by atoms with Crippen molar-refractivity contribution in [1.82, 2.24) is 0 Å². The van der Waals surface area contributed by atoms with Crippen LogP contribution < -0.4 is 0 Å². The molecule has 1 aromatic rings. The predicted molar refractivity (Wildman–Crippen MR) is 42.0 cm³/mol. The Morgan fingerprint density at radius 2 is 1.67 bits per heavy atom. The van der Waals surface area contributed by atoms with Crippen molar-refractivity contribution < 1.29 is 20.4 Å². The van der Waals surface area contributed by atoms with Gasteiger partial charge in [-0.2, -0.15) is 0 Å². The molecule has 0 bridgehead atoms. The molecule has 0 aliphatic heterocycles. The Bertz CT molecular complexity index is 298. The SMILES string of the molecule is Oc1cc(O)c(C(O)O)cc1Cl. The van der Waals surface area contributed by atoms with E-state index in [1.165, 1.54) is 0 Å². The molecule has 0 unspecified atom stereocenters. The molecule has 0 saturated carbocycles. The topological polar surface area (TPSA) is 80.9 Å². The molecule has 0 radical (unpaired) electrons. The van der Waals surface area contributed by atoms with Gasteiger partial charge in [0.2, 0.25) is 0 Å². The number of halogens is 1. The molecule has 1 aromatic carbocycles. The van der Waals surface area contributed by atoms with Crippen molar-refractivity contribution in [2.75, 3.05) is 0 Å². The summed E-state index contributed by atoms with van der Waals surface area (Å²) in [4.78, 5) is 0. The van der Waals surface area contributed by atoms with E-state index in [1.807, 2.05) is 0 Å². The smallest absolute Gasteiger partial charge is 0.182 e. The van der Waals surface area contributed by atoms with E-state index in [4.69, 9.17) is 32.0 Å². The molecular formula is C7H7ClO4. The fraction of sp³-hybridized carbons (Fsp3) is 0.143. The first-order chi connectivity index (χ1) is 5.52. The lowest BCUT2D eigenvalue weighted by molar-refractivity contribution is -0.0438. The van der Waals surface area contributed by atoms with Crippen molar-refractivity contribution in [3.8, 4) is 11.5 Å². The lowest BCUT2D eigenvalue weighted by Crippen LogP contribution is -1.94. The number of aliphatic hydroxyl groups excluding tert-OH is 1. The Kier molecular flexibility index (Phi) is 2.42. The van der Waals surface area contributed by atoms with E-state index in [0.29, 0.717) is 0 Å². The monoisotopic (exact) mass is 190 g/mol. The van der Waals surface area contributed by atoms with Crippen LogP contribution in [-0.2, 0) is 0 Å². The molecule has 66 valence electrons. The normalized spacial score (nSPS) is 10.7. The zero-order valence-electron chi connectivity index (χ0n) is 5.90. The summed E-state index contributed by atoms with van der Waals surface area (Å²) >= 11 is 5.45. The first-order valence-corrected chi connectivity index (χ1v) is 3.47. The van der Waals surface area contributed by atoms with Gasteiger partial charge in [-0.3, -0.25) is 0 Å². The Balaban J connectivity index is 3.23. The van der Waals surface area contributed by atoms with E-state index in [1.54, 1.807) is 0 Å². The molecule has 12 heavy (non-hydrogen) atoms. The summed E-state index contributed by atoms with van der Waals surface area (Å²) in [5, 5.41) is 35.3. The molecule has 0 saturated heterocycles. The first kappa shape index (κ1) is 9.12. The average molecular weight is 191 g/mol. The standard InChI is InChI=1S/C7H7ClO4/c8-4-1-3(7(11)12)5(9)2-6(4)10/h1-2,7,9-12H. The van der Waals surface area contributed by atoms with Crippen LogP contribution in [0.4, 0.5) is 0 Å². The highest BCUT2D eigenvalue weighted by atomic mass is 35.5. The third kappa shape index (κ3) is 1.61. The summed E-state index contributed by atoms with van der Waals surface area (Å²) in [7, 11) is 0. The van der Waals surface area contributed by atoms with Crippen molar-refractivity contribution in [2.45, 2.75) is 6.29 Å². The number of hydrogen-bond acceptors (Lipinski definition) is 4. The largest absolute Gasteiger partial charge is 0.507 e. The van der Waals surface area contributed by atoms with Crippen LogP contribution in [0.2, 0.25) is 5.02 Å². The van der Waals surface area contributed by atoms with E-state index in [2.05, 4.69) is 0 Å². The number of benzene rings is 1. The average Bonchev–Trinajstić information content (AvgIpc) is 1.96. The van der Waals surface area contributed by atoms with Gasteiger partial charge in [0.25, 0.3) is 0 Å². The van der Waals surface area contributed by atoms with Gasteiger partial charge in [0.05, 0.1) is 10.6 Å². The van der Waals surface area contributed by atoms with Crippen molar-refractivity contribution in [3.63, 3.8) is 0 Å². The lowest BCUT2D eigenvalue weighted by Gasteiger charge is -2.07. The second kappa shape index (κ2) is 3.18. The van der Waals surface area contributed by atoms with Gasteiger partial charge < -0.3 is 20.4 Å². The summed E-state index contributed by atoms with van der Waals surface area (Å²) in [6.07, 6.45) is -1.80. The molecule has 0 atom stereocenters. The van der Waals surface area contributed by atoms with Crippen LogP contribution in [0.1, 0.15) is 11.9 Å².